The summed E-state index contributed by atoms with van der Waals surface area (Å²) in [6.45, 7) is 0.654. The molecule has 6 nitrogen and oxygen atoms in total. The molecular weight excluding hydrogens is 579 g/mol. The Labute approximate surface area is 229 Å². The molecule has 1 amide bonds. The number of rotatable bonds is 9. The first-order chi connectivity index (χ1) is 18.0. The Morgan fingerprint density at radius 2 is 1.76 bits per heavy atom. The normalized spacial score (nSPS) is 11.0. The van der Waals surface area contributed by atoms with Gasteiger partial charge < -0.3 is 19.5 Å². The molecular formula is C30H25IN2O4. The largest absolute Gasteiger partial charge is 0.497 e. The van der Waals surface area contributed by atoms with Gasteiger partial charge in [-0.15, -0.1) is 0 Å². The minimum absolute atomic E-state index is 0.00751. The molecule has 0 atom stereocenters. The maximum Gasteiger partial charge on any atom is 0.262 e. The molecule has 0 saturated carbocycles. The van der Waals surface area contributed by atoms with Crippen LogP contribution < -0.4 is 19.5 Å². The number of halogens is 1. The highest BCUT2D eigenvalue weighted by molar-refractivity contribution is 14.1. The van der Waals surface area contributed by atoms with Gasteiger partial charge in [-0.25, -0.2) is 0 Å². The summed E-state index contributed by atoms with van der Waals surface area (Å²) >= 11 is 2.20. The summed E-state index contributed by atoms with van der Waals surface area (Å²) in [5, 5.41) is 14.7. The van der Waals surface area contributed by atoms with Crippen molar-refractivity contribution in [1.82, 2.24) is 5.32 Å². The predicted octanol–water partition coefficient (Wildman–Crippen LogP) is 6.26. The minimum Gasteiger partial charge on any atom is -0.497 e. The smallest absolute Gasteiger partial charge is 0.262 e. The van der Waals surface area contributed by atoms with E-state index in [0.29, 0.717) is 18.1 Å². The molecule has 0 unspecified atom stereocenters. The van der Waals surface area contributed by atoms with Crippen molar-refractivity contribution in [2.75, 3.05) is 14.2 Å². The van der Waals surface area contributed by atoms with Gasteiger partial charge in [0.1, 0.15) is 35.5 Å². The van der Waals surface area contributed by atoms with Crippen LogP contribution in [0.5, 0.6) is 17.2 Å². The first-order valence-electron chi connectivity index (χ1n) is 11.5. The number of hydrogen-bond acceptors (Lipinski definition) is 5. The van der Waals surface area contributed by atoms with Crippen LogP contribution >= 0.6 is 22.6 Å². The zero-order valence-corrected chi connectivity index (χ0v) is 22.6. The number of hydrogen-bond donors (Lipinski definition) is 1. The van der Waals surface area contributed by atoms with E-state index in [2.05, 4.69) is 58.2 Å². The highest BCUT2D eigenvalue weighted by Crippen LogP contribution is 2.26. The summed E-state index contributed by atoms with van der Waals surface area (Å²) in [4.78, 5) is 12.7. The van der Waals surface area contributed by atoms with Crippen LogP contribution in [0.2, 0.25) is 0 Å². The fourth-order valence-corrected chi connectivity index (χ4v) is 4.49. The van der Waals surface area contributed by atoms with E-state index in [1.165, 1.54) is 10.8 Å². The van der Waals surface area contributed by atoms with Crippen molar-refractivity contribution < 1.29 is 19.0 Å². The third-order valence-electron chi connectivity index (χ3n) is 5.77. The monoisotopic (exact) mass is 604 g/mol. The topological polar surface area (TPSA) is 80.6 Å². The Morgan fingerprint density at radius 1 is 0.946 bits per heavy atom. The number of carbonyl (C=O) groups is 1. The van der Waals surface area contributed by atoms with Crippen LogP contribution in [0.25, 0.3) is 16.8 Å². The molecule has 0 aromatic heterocycles. The number of nitrogens with one attached hydrogen (secondary N) is 1. The molecule has 0 spiro atoms. The second-order valence-electron chi connectivity index (χ2n) is 8.19. The van der Waals surface area contributed by atoms with Crippen LogP contribution in [0.4, 0.5) is 0 Å². The summed E-state index contributed by atoms with van der Waals surface area (Å²) < 4.78 is 17.5. The molecule has 186 valence electrons. The second kappa shape index (κ2) is 12.3. The van der Waals surface area contributed by atoms with Crippen LogP contribution in [-0.4, -0.2) is 20.1 Å². The van der Waals surface area contributed by atoms with E-state index in [1.54, 1.807) is 32.4 Å². The molecule has 0 saturated heterocycles. The third kappa shape index (κ3) is 6.60. The molecule has 4 aromatic rings. The molecule has 0 aliphatic carbocycles. The first kappa shape index (κ1) is 26.0. The number of ether oxygens (including phenoxy) is 3. The molecule has 0 fully saturated rings. The summed E-state index contributed by atoms with van der Waals surface area (Å²) in [6, 6.07) is 27.4. The SMILES string of the molecule is COc1ccc(CNC(=O)/C(C#N)=C/c2ccc(OCc3ccc4ccccc4c3)c(I)c2)c(OC)c1. The fraction of sp³-hybridized carbons (Fsp3) is 0.133. The quantitative estimate of drug-likeness (QED) is 0.139. The van der Waals surface area contributed by atoms with Gasteiger partial charge in [0, 0.05) is 18.2 Å². The molecule has 0 aliphatic rings. The van der Waals surface area contributed by atoms with Crippen molar-refractivity contribution in [2.45, 2.75) is 13.2 Å². The lowest BCUT2D eigenvalue weighted by Gasteiger charge is -2.11. The number of nitrogens with zero attached hydrogens (tertiary/aromatic N) is 1. The second-order valence-corrected chi connectivity index (χ2v) is 9.35. The molecule has 0 heterocycles. The van der Waals surface area contributed by atoms with Crippen LogP contribution in [0.15, 0.2) is 84.4 Å². The molecule has 1 N–H and O–H groups in total. The number of amides is 1. The van der Waals surface area contributed by atoms with E-state index in [4.69, 9.17) is 14.2 Å². The summed E-state index contributed by atoms with van der Waals surface area (Å²) in [7, 11) is 3.13. The van der Waals surface area contributed by atoms with Crippen LogP contribution in [-0.2, 0) is 17.9 Å². The van der Waals surface area contributed by atoms with E-state index < -0.39 is 5.91 Å². The number of fused-ring (bicyclic) bond motifs is 1. The zero-order valence-electron chi connectivity index (χ0n) is 20.5. The van der Waals surface area contributed by atoms with E-state index in [-0.39, 0.29) is 12.1 Å². The first-order valence-corrected chi connectivity index (χ1v) is 12.6. The van der Waals surface area contributed by atoms with Crippen molar-refractivity contribution in [3.05, 3.63) is 105 Å². The standard InChI is InChI=1S/C30H25IN2O4/c1-35-26-11-10-24(29(16-26)36-2)18-33-30(34)25(17-32)13-20-8-12-28(27(31)15-20)37-19-21-7-9-22-5-3-4-6-23(22)14-21/h3-16H,18-19H2,1-2H3,(H,33,34)/b25-13+. The predicted molar refractivity (Wildman–Crippen MR) is 152 cm³/mol. The van der Waals surface area contributed by atoms with E-state index >= 15 is 0 Å². The molecule has 0 aliphatic heterocycles. The Bertz CT molecular complexity index is 1510. The third-order valence-corrected chi connectivity index (χ3v) is 6.62. The van der Waals surface area contributed by atoms with Gasteiger partial charge in [0.15, 0.2) is 0 Å². The van der Waals surface area contributed by atoms with Gasteiger partial charge in [-0.05, 0) is 80.9 Å². The number of methoxy groups -OCH3 is 2. The Hall–Kier alpha value is -4.03. The fourth-order valence-electron chi connectivity index (χ4n) is 3.80. The van der Waals surface area contributed by atoms with E-state index in [9.17, 15) is 10.1 Å². The van der Waals surface area contributed by atoms with Gasteiger partial charge in [0.05, 0.1) is 17.8 Å². The summed E-state index contributed by atoms with van der Waals surface area (Å²) in [5.41, 5.74) is 2.59. The minimum atomic E-state index is -0.466. The van der Waals surface area contributed by atoms with Gasteiger partial charge in [0.2, 0.25) is 0 Å². The van der Waals surface area contributed by atoms with Crippen molar-refractivity contribution >= 4 is 45.3 Å². The van der Waals surface area contributed by atoms with Crippen molar-refractivity contribution in [2.24, 2.45) is 0 Å². The van der Waals surface area contributed by atoms with Crippen molar-refractivity contribution in [3.63, 3.8) is 0 Å². The van der Waals surface area contributed by atoms with Gasteiger partial charge in [-0.3, -0.25) is 4.79 Å². The molecule has 7 heteroatoms. The lowest BCUT2D eigenvalue weighted by molar-refractivity contribution is -0.117. The molecule has 0 radical (unpaired) electrons. The van der Waals surface area contributed by atoms with E-state index in [0.717, 1.165) is 26.0 Å². The molecule has 37 heavy (non-hydrogen) atoms. The van der Waals surface area contributed by atoms with Gasteiger partial charge in [-0.1, -0.05) is 42.5 Å². The molecule has 4 rings (SSSR count). The highest BCUT2D eigenvalue weighted by Gasteiger charge is 2.12. The maximum absolute atomic E-state index is 12.7. The van der Waals surface area contributed by atoms with Gasteiger partial charge in [0.25, 0.3) is 5.91 Å². The average molecular weight is 604 g/mol. The van der Waals surface area contributed by atoms with Gasteiger partial charge in [-0.2, -0.15) is 5.26 Å². The van der Waals surface area contributed by atoms with Crippen molar-refractivity contribution in [3.8, 4) is 23.3 Å². The molecule has 4 aromatic carbocycles. The number of nitriles is 1. The van der Waals surface area contributed by atoms with Crippen LogP contribution in [0.1, 0.15) is 16.7 Å². The summed E-state index contributed by atoms with van der Waals surface area (Å²) in [6.07, 6.45) is 1.57. The lowest BCUT2D eigenvalue weighted by atomic mass is 10.1. The Morgan fingerprint density at radius 3 is 2.49 bits per heavy atom. The number of carbonyl (C=O) groups excluding carboxylic acids is 1. The maximum atomic E-state index is 12.7. The Kier molecular flexibility index (Phi) is 8.64. The average Bonchev–Trinajstić information content (AvgIpc) is 2.93. The zero-order chi connectivity index (χ0) is 26.2. The van der Waals surface area contributed by atoms with E-state index in [1.807, 2.05) is 42.5 Å². The van der Waals surface area contributed by atoms with Crippen LogP contribution in [0, 0.1) is 14.9 Å². The van der Waals surface area contributed by atoms with Crippen LogP contribution in [0.3, 0.4) is 0 Å². The lowest BCUT2D eigenvalue weighted by Crippen LogP contribution is -2.24. The van der Waals surface area contributed by atoms with Crippen molar-refractivity contribution in [1.29, 1.82) is 5.26 Å². The molecule has 0 bridgehead atoms. The Balaban J connectivity index is 1.41. The highest BCUT2D eigenvalue weighted by atomic mass is 127. The van der Waals surface area contributed by atoms with Gasteiger partial charge >= 0.3 is 0 Å². The summed E-state index contributed by atoms with van der Waals surface area (Å²) in [5.74, 6) is 1.52. The number of benzene rings is 4.